The van der Waals surface area contributed by atoms with Gasteiger partial charge in [-0.25, -0.2) is 0 Å². The normalized spacial score (nSPS) is 9.79. The number of hydrogen-bond donors (Lipinski definition) is 0. The van der Waals surface area contributed by atoms with Gasteiger partial charge in [0.05, 0.1) is 0 Å². The van der Waals surface area contributed by atoms with E-state index in [1.807, 2.05) is 24.3 Å². The molecule has 0 heterocycles. The van der Waals surface area contributed by atoms with Gasteiger partial charge in [0.2, 0.25) is 0 Å². The number of hydrogen-bond acceptors (Lipinski definition) is 1. The molecule has 0 radical (unpaired) electrons. The van der Waals surface area contributed by atoms with Crippen LogP contribution in [0.25, 0.3) is 0 Å². The topological polar surface area (TPSA) is 9.23 Å². The summed E-state index contributed by atoms with van der Waals surface area (Å²) in [5.41, 5.74) is 2.50. The van der Waals surface area contributed by atoms with Gasteiger partial charge >= 0.3 is 23.1 Å². The van der Waals surface area contributed by atoms with Crippen LogP contribution in [0, 0.1) is 0 Å². The maximum atomic E-state index is 5.81. The molecule has 2 aromatic rings. The molecule has 0 spiro atoms. The monoisotopic (exact) mass is 330 g/mol. The maximum absolute atomic E-state index is 5.81. The van der Waals surface area contributed by atoms with Crippen molar-refractivity contribution >= 4 is 39.0 Å². The van der Waals surface area contributed by atoms with E-state index in [2.05, 4.69) is 47.1 Å². The summed E-state index contributed by atoms with van der Waals surface area (Å²) in [6, 6.07) is 16.4. The van der Waals surface area contributed by atoms with Crippen molar-refractivity contribution in [2.45, 2.75) is 26.4 Å². The van der Waals surface area contributed by atoms with Crippen LogP contribution in [-0.4, -0.2) is 23.1 Å². The van der Waals surface area contributed by atoms with E-state index in [0.29, 0.717) is 6.61 Å². The molecular weight excluding hydrogens is 312 g/mol. The predicted molar refractivity (Wildman–Crippen MR) is 86.9 cm³/mol. The molecule has 0 N–H and O–H groups in total. The second-order valence-corrected chi connectivity index (χ2v) is 5.13. The van der Waals surface area contributed by atoms with Crippen molar-refractivity contribution in [1.82, 2.24) is 0 Å². The summed E-state index contributed by atoms with van der Waals surface area (Å²) >= 11 is 3.57. The van der Waals surface area contributed by atoms with Gasteiger partial charge < -0.3 is 7.59 Å². The van der Waals surface area contributed by atoms with Crippen molar-refractivity contribution in [3.8, 4) is 5.75 Å². The molecule has 0 aliphatic heterocycles. The van der Waals surface area contributed by atoms with E-state index in [0.717, 1.165) is 23.1 Å². The molecule has 0 saturated carbocycles. The fourth-order valence-corrected chi connectivity index (χ4v) is 2.29. The number of aryl methyl sites for hydroxylation is 1. The average Bonchev–Trinajstić information content (AvgIpc) is 2.41. The van der Waals surface area contributed by atoms with Gasteiger partial charge in [-0.05, 0) is 35.7 Å². The first-order valence-electron chi connectivity index (χ1n) is 6.24. The van der Waals surface area contributed by atoms with Crippen LogP contribution in [-0.2, 0) is 13.0 Å². The summed E-state index contributed by atoms with van der Waals surface area (Å²) < 4.78 is 6.98. The van der Waals surface area contributed by atoms with Gasteiger partial charge in [-0.15, -0.1) is 0 Å². The molecule has 0 atom stereocenters. The standard InChI is InChI=1S/C16H17BrO.Mg.2H/c1-2-6-14-11-15(9-10-16(14)17)18-12-13-7-4-3-5-8-13;;;/h3-5,7-11H,2,6,12H2,1H3;;;/q;+2;2*-1. The summed E-state index contributed by atoms with van der Waals surface area (Å²) in [6.45, 7) is 2.80. The van der Waals surface area contributed by atoms with Gasteiger partial charge in [-0.1, -0.05) is 59.6 Å². The molecule has 0 saturated heterocycles. The van der Waals surface area contributed by atoms with Crippen molar-refractivity contribution in [2.75, 3.05) is 0 Å². The Hall–Kier alpha value is -0.514. The molecule has 0 amide bonds. The van der Waals surface area contributed by atoms with Crippen LogP contribution in [0.4, 0.5) is 0 Å². The average molecular weight is 332 g/mol. The zero-order valence-electron chi connectivity index (χ0n) is 13.2. The molecular formula is C16H19BrMgO. The summed E-state index contributed by atoms with van der Waals surface area (Å²) in [6.07, 6.45) is 2.21. The molecule has 2 rings (SSSR count). The first-order valence-corrected chi connectivity index (χ1v) is 7.04. The third-order valence-corrected chi connectivity index (χ3v) is 3.56. The van der Waals surface area contributed by atoms with E-state index >= 15 is 0 Å². The second kappa shape index (κ2) is 8.62. The molecule has 98 valence electrons. The van der Waals surface area contributed by atoms with Gasteiger partial charge in [0.25, 0.3) is 0 Å². The smallest absolute Gasteiger partial charge is 1.00 e. The Bertz CT molecular complexity index is 509. The van der Waals surface area contributed by atoms with Crippen LogP contribution >= 0.6 is 15.9 Å². The number of benzene rings is 2. The summed E-state index contributed by atoms with van der Waals surface area (Å²) in [5, 5.41) is 0. The van der Waals surface area contributed by atoms with Crippen molar-refractivity contribution in [3.05, 3.63) is 64.1 Å². The van der Waals surface area contributed by atoms with Crippen LogP contribution in [0.3, 0.4) is 0 Å². The van der Waals surface area contributed by atoms with E-state index < -0.39 is 0 Å². The SMILES string of the molecule is CCCc1cc(OCc2ccccc2)ccc1Br.[H-].[H-].[Mg+2]. The summed E-state index contributed by atoms with van der Waals surface area (Å²) in [4.78, 5) is 0. The van der Waals surface area contributed by atoms with Gasteiger partial charge in [0, 0.05) is 4.47 Å². The third-order valence-electron chi connectivity index (χ3n) is 2.78. The molecule has 0 unspecified atom stereocenters. The Balaban J connectivity index is 0. The molecule has 1 nitrogen and oxygen atoms in total. The van der Waals surface area contributed by atoms with Crippen molar-refractivity contribution in [2.24, 2.45) is 0 Å². The van der Waals surface area contributed by atoms with Gasteiger partial charge in [-0.3, -0.25) is 0 Å². The number of halogens is 1. The molecule has 0 bridgehead atoms. The van der Waals surface area contributed by atoms with Crippen LogP contribution in [0.2, 0.25) is 0 Å². The largest absolute Gasteiger partial charge is 2.00 e. The first-order chi connectivity index (χ1) is 8.79. The minimum Gasteiger partial charge on any atom is -1.00 e. The van der Waals surface area contributed by atoms with Crippen LogP contribution in [0.1, 0.15) is 27.3 Å². The Morgan fingerprint density at radius 2 is 1.84 bits per heavy atom. The van der Waals surface area contributed by atoms with Crippen LogP contribution in [0.15, 0.2) is 53.0 Å². The van der Waals surface area contributed by atoms with Crippen molar-refractivity contribution in [1.29, 1.82) is 0 Å². The Kier molecular flexibility index (Phi) is 7.50. The van der Waals surface area contributed by atoms with Gasteiger partial charge in [0.1, 0.15) is 12.4 Å². The molecule has 0 aliphatic rings. The van der Waals surface area contributed by atoms with E-state index in [-0.39, 0.29) is 25.9 Å². The quantitative estimate of drug-likeness (QED) is 0.713. The molecule has 0 fully saturated rings. The number of rotatable bonds is 5. The minimum absolute atomic E-state index is 0. The molecule has 0 aliphatic carbocycles. The fourth-order valence-electron chi connectivity index (χ4n) is 1.84. The van der Waals surface area contributed by atoms with Gasteiger partial charge in [0.15, 0.2) is 0 Å². The molecule has 3 heteroatoms. The second-order valence-electron chi connectivity index (χ2n) is 4.28. The predicted octanol–water partition coefficient (Wildman–Crippen LogP) is 4.82. The molecule has 2 aromatic carbocycles. The summed E-state index contributed by atoms with van der Waals surface area (Å²) in [7, 11) is 0. The van der Waals surface area contributed by atoms with Gasteiger partial charge in [-0.2, -0.15) is 0 Å². The van der Waals surface area contributed by atoms with Crippen molar-refractivity contribution < 1.29 is 7.59 Å². The minimum atomic E-state index is 0. The third kappa shape index (κ3) is 5.17. The Labute approximate surface area is 142 Å². The zero-order valence-corrected chi connectivity index (χ0v) is 14.2. The summed E-state index contributed by atoms with van der Waals surface area (Å²) in [5.74, 6) is 0.936. The van der Waals surface area contributed by atoms with Crippen LogP contribution < -0.4 is 4.74 Å². The maximum Gasteiger partial charge on any atom is 2.00 e. The molecule has 0 aromatic heterocycles. The van der Waals surface area contributed by atoms with Crippen molar-refractivity contribution in [3.63, 3.8) is 0 Å². The van der Waals surface area contributed by atoms with E-state index in [1.54, 1.807) is 0 Å². The Morgan fingerprint density at radius 3 is 2.53 bits per heavy atom. The van der Waals surface area contributed by atoms with Crippen LogP contribution in [0.5, 0.6) is 5.75 Å². The fraction of sp³-hybridized carbons (Fsp3) is 0.250. The first kappa shape index (κ1) is 16.5. The van der Waals surface area contributed by atoms with E-state index in [9.17, 15) is 0 Å². The number of ether oxygens (including phenoxy) is 1. The molecule has 19 heavy (non-hydrogen) atoms. The van der Waals surface area contributed by atoms with E-state index in [4.69, 9.17) is 4.74 Å². The Morgan fingerprint density at radius 1 is 1.11 bits per heavy atom. The van der Waals surface area contributed by atoms with E-state index in [1.165, 1.54) is 11.1 Å². The zero-order chi connectivity index (χ0) is 12.8.